The first-order chi connectivity index (χ1) is 10.9. The second-order valence-electron chi connectivity index (χ2n) is 4.97. The average molecular weight is 349 g/mol. The lowest BCUT2D eigenvalue weighted by Crippen LogP contribution is -2.22. The largest absolute Gasteiger partial charge is 0.326 e. The van der Waals surface area contributed by atoms with Crippen molar-refractivity contribution < 1.29 is 9.59 Å². The number of carbonyl (C=O) groups excluding carboxylic acids is 2. The van der Waals surface area contributed by atoms with Crippen molar-refractivity contribution in [2.24, 2.45) is 0 Å². The molecule has 0 saturated heterocycles. The number of carbonyl (C=O) groups is 2. The molecule has 0 saturated carbocycles. The second-order valence-corrected chi connectivity index (χ2v) is 6.82. The van der Waals surface area contributed by atoms with Gasteiger partial charge in [0.1, 0.15) is 0 Å². The van der Waals surface area contributed by atoms with E-state index in [1.807, 2.05) is 19.1 Å². The SMILES string of the molecule is CC(=O)Nc1cccc(NC(=O)[C@@H](C)Sc2ccc(Cl)cc2)c1. The summed E-state index contributed by atoms with van der Waals surface area (Å²) < 4.78 is 0. The zero-order chi connectivity index (χ0) is 16.8. The van der Waals surface area contributed by atoms with Gasteiger partial charge < -0.3 is 10.6 Å². The summed E-state index contributed by atoms with van der Waals surface area (Å²) >= 11 is 7.30. The zero-order valence-electron chi connectivity index (χ0n) is 12.8. The molecule has 2 rings (SSSR count). The molecule has 120 valence electrons. The van der Waals surface area contributed by atoms with Crippen LogP contribution in [0.4, 0.5) is 11.4 Å². The molecule has 4 nitrogen and oxygen atoms in total. The molecular formula is C17H17ClN2O2S. The van der Waals surface area contributed by atoms with Gasteiger partial charge in [-0.2, -0.15) is 0 Å². The van der Waals surface area contributed by atoms with Gasteiger partial charge in [0.15, 0.2) is 0 Å². The van der Waals surface area contributed by atoms with Crippen molar-refractivity contribution in [2.75, 3.05) is 10.6 Å². The Bertz CT molecular complexity index is 704. The Balaban J connectivity index is 1.97. The van der Waals surface area contributed by atoms with Crippen LogP contribution < -0.4 is 10.6 Å². The molecule has 2 aromatic carbocycles. The number of nitrogens with one attached hydrogen (secondary N) is 2. The topological polar surface area (TPSA) is 58.2 Å². The molecule has 0 radical (unpaired) electrons. The fraction of sp³-hybridized carbons (Fsp3) is 0.176. The van der Waals surface area contributed by atoms with Crippen LogP contribution >= 0.6 is 23.4 Å². The summed E-state index contributed by atoms with van der Waals surface area (Å²) in [6.45, 7) is 3.28. The maximum atomic E-state index is 12.3. The van der Waals surface area contributed by atoms with Crippen LogP contribution in [0.3, 0.4) is 0 Å². The summed E-state index contributed by atoms with van der Waals surface area (Å²) in [6.07, 6.45) is 0. The number of hydrogen-bond donors (Lipinski definition) is 2. The summed E-state index contributed by atoms with van der Waals surface area (Å²) in [4.78, 5) is 24.3. The van der Waals surface area contributed by atoms with Crippen LogP contribution in [0.5, 0.6) is 0 Å². The summed E-state index contributed by atoms with van der Waals surface area (Å²) in [6, 6.07) is 14.4. The highest BCUT2D eigenvalue weighted by atomic mass is 35.5. The molecule has 0 aliphatic heterocycles. The lowest BCUT2D eigenvalue weighted by atomic mass is 10.2. The molecule has 0 aliphatic carbocycles. The monoisotopic (exact) mass is 348 g/mol. The van der Waals surface area contributed by atoms with Crippen molar-refractivity contribution in [2.45, 2.75) is 24.0 Å². The van der Waals surface area contributed by atoms with Crippen molar-refractivity contribution in [3.8, 4) is 0 Å². The highest BCUT2D eigenvalue weighted by molar-refractivity contribution is 8.00. The molecule has 1 atom stereocenters. The van der Waals surface area contributed by atoms with Gasteiger partial charge in [-0.25, -0.2) is 0 Å². The van der Waals surface area contributed by atoms with E-state index in [1.54, 1.807) is 36.4 Å². The predicted molar refractivity (Wildman–Crippen MR) is 96.1 cm³/mol. The van der Waals surface area contributed by atoms with E-state index in [9.17, 15) is 9.59 Å². The Kier molecular flexibility index (Phi) is 6.07. The fourth-order valence-electron chi connectivity index (χ4n) is 1.89. The Morgan fingerprint density at radius 2 is 1.65 bits per heavy atom. The van der Waals surface area contributed by atoms with E-state index in [4.69, 9.17) is 11.6 Å². The third kappa shape index (κ3) is 5.62. The van der Waals surface area contributed by atoms with Gasteiger partial charge in [-0.05, 0) is 49.4 Å². The van der Waals surface area contributed by atoms with E-state index in [2.05, 4.69) is 10.6 Å². The van der Waals surface area contributed by atoms with E-state index in [0.29, 0.717) is 16.4 Å². The van der Waals surface area contributed by atoms with Crippen LogP contribution in [0.2, 0.25) is 5.02 Å². The van der Waals surface area contributed by atoms with E-state index in [1.165, 1.54) is 18.7 Å². The number of thioether (sulfide) groups is 1. The van der Waals surface area contributed by atoms with Crippen molar-refractivity contribution in [1.29, 1.82) is 0 Å². The molecule has 23 heavy (non-hydrogen) atoms. The molecule has 2 N–H and O–H groups in total. The normalized spacial score (nSPS) is 11.6. The predicted octanol–water partition coefficient (Wildman–Crippen LogP) is 4.42. The van der Waals surface area contributed by atoms with Crippen LogP contribution in [0.25, 0.3) is 0 Å². The molecule has 2 amide bonds. The van der Waals surface area contributed by atoms with Crippen LogP contribution in [0, 0.1) is 0 Å². The molecular weight excluding hydrogens is 332 g/mol. The first-order valence-electron chi connectivity index (χ1n) is 7.05. The lowest BCUT2D eigenvalue weighted by Gasteiger charge is -2.13. The average Bonchev–Trinajstić information content (AvgIpc) is 2.49. The van der Waals surface area contributed by atoms with Crippen LogP contribution in [0.1, 0.15) is 13.8 Å². The van der Waals surface area contributed by atoms with E-state index >= 15 is 0 Å². The van der Waals surface area contributed by atoms with Crippen molar-refractivity contribution in [3.63, 3.8) is 0 Å². The standard InChI is InChI=1S/C17H17ClN2O2S/c1-11(23-16-8-6-13(18)7-9-16)17(22)20-15-5-3-4-14(10-15)19-12(2)21/h3-11H,1-2H3,(H,19,21)(H,20,22)/t11-/m1/s1. The van der Waals surface area contributed by atoms with Crippen molar-refractivity contribution in [1.82, 2.24) is 0 Å². The summed E-state index contributed by atoms with van der Waals surface area (Å²) in [5, 5.41) is 5.94. The van der Waals surface area contributed by atoms with Gasteiger partial charge in [0.05, 0.1) is 5.25 Å². The van der Waals surface area contributed by atoms with Gasteiger partial charge in [-0.15, -0.1) is 11.8 Å². The van der Waals surface area contributed by atoms with Gasteiger partial charge in [0.25, 0.3) is 0 Å². The Hall–Kier alpha value is -1.98. The second kappa shape index (κ2) is 8.04. The highest BCUT2D eigenvalue weighted by Gasteiger charge is 2.14. The minimum absolute atomic E-state index is 0.107. The first-order valence-corrected chi connectivity index (χ1v) is 8.30. The van der Waals surface area contributed by atoms with E-state index in [-0.39, 0.29) is 17.1 Å². The van der Waals surface area contributed by atoms with Crippen LogP contribution in [-0.2, 0) is 9.59 Å². The van der Waals surface area contributed by atoms with Crippen LogP contribution in [-0.4, -0.2) is 17.1 Å². The number of amides is 2. The summed E-state index contributed by atoms with van der Waals surface area (Å²) in [5.41, 5.74) is 1.29. The summed E-state index contributed by atoms with van der Waals surface area (Å²) in [5.74, 6) is -0.259. The van der Waals surface area contributed by atoms with E-state index in [0.717, 1.165) is 4.90 Å². The molecule has 0 fully saturated rings. The quantitative estimate of drug-likeness (QED) is 0.786. The number of hydrogen-bond acceptors (Lipinski definition) is 3. The third-order valence-corrected chi connectivity index (χ3v) is 4.31. The molecule has 6 heteroatoms. The lowest BCUT2D eigenvalue weighted by molar-refractivity contribution is -0.115. The summed E-state index contributed by atoms with van der Waals surface area (Å²) in [7, 11) is 0. The number of anilines is 2. The molecule has 0 spiro atoms. The highest BCUT2D eigenvalue weighted by Crippen LogP contribution is 2.26. The van der Waals surface area contributed by atoms with Crippen LogP contribution in [0.15, 0.2) is 53.4 Å². The van der Waals surface area contributed by atoms with Gasteiger partial charge >= 0.3 is 0 Å². The molecule has 0 aromatic heterocycles. The van der Waals surface area contributed by atoms with Gasteiger partial charge in [-0.3, -0.25) is 9.59 Å². The van der Waals surface area contributed by atoms with Crippen molar-refractivity contribution >= 4 is 46.6 Å². The van der Waals surface area contributed by atoms with E-state index < -0.39 is 0 Å². The molecule has 2 aromatic rings. The maximum absolute atomic E-state index is 12.3. The molecule has 0 heterocycles. The zero-order valence-corrected chi connectivity index (χ0v) is 14.4. The van der Waals surface area contributed by atoms with Gasteiger partial charge in [0.2, 0.25) is 11.8 Å². The first kappa shape index (κ1) is 17.4. The number of benzene rings is 2. The van der Waals surface area contributed by atoms with Gasteiger partial charge in [-0.1, -0.05) is 17.7 Å². The minimum atomic E-state index is -0.263. The Morgan fingerprint density at radius 1 is 1.04 bits per heavy atom. The Labute approximate surface area is 144 Å². The fourth-order valence-corrected chi connectivity index (χ4v) is 2.89. The van der Waals surface area contributed by atoms with Crippen molar-refractivity contribution in [3.05, 3.63) is 53.6 Å². The number of halogens is 1. The maximum Gasteiger partial charge on any atom is 0.237 e. The van der Waals surface area contributed by atoms with Gasteiger partial charge in [0, 0.05) is 28.2 Å². The molecule has 0 bridgehead atoms. The third-order valence-electron chi connectivity index (χ3n) is 2.95. The molecule has 0 unspecified atom stereocenters. The molecule has 0 aliphatic rings. The Morgan fingerprint density at radius 3 is 2.26 bits per heavy atom. The minimum Gasteiger partial charge on any atom is -0.326 e. The number of rotatable bonds is 5. The smallest absolute Gasteiger partial charge is 0.237 e.